The van der Waals surface area contributed by atoms with Crippen molar-refractivity contribution in [3.8, 4) is 0 Å². The Morgan fingerprint density at radius 1 is 1.55 bits per heavy atom. The van der Waals surface area contributed by atoms with Gasteiger partial charge in [-0.05, 0) is 13.8 Å². The molecule has 0 unspecified atom stereocenters. The zero-order valence-electron chi connectivity index (χ0n) is 11.9. The predicted molar refractivity (Wildman–Crippen MR) is 73.2 cm³/mol. The van der Waals surface area contributed by atoms with E-state index in [1.165, 1.54) is 20.0 Å². The fraction of sp³-hybridized carbons (Fsp3) is 0.636. The van der Waals surface area contributed by atoms with Gasteiger partial charge in [-0.2, -0.15) is 0 Å². The van der Waals surface area contributed by atoms with E-state index in [1.54, 1.807) is 0 Å². The number of aliphatic hydroxyl groups is 1. The minimum Gasteiger partial charge on any atom is -0.387 e. The van der Waals surface area contributed by atoms with Gasteiger partial charge in [-0.1, -0.05) is 0 Å². The Labute approximate surface area is 124 Å². The topological polar surface area (TPSA) is 151 Å². The molecule has 1 aliphatic heterocycles. The molecule has 1 aliphatic rings. The molecular formula is C11H17N2O8P. The summed E-state index contributed by atoms with van der Waals surface area (Å²) < 4.78 is 22.4. The zero-order chi connectivity index (χ0) is 16.7. The molecule has 0 saturated carbocycles. The van der Waals surface area contributed by atoms with Crippen molar-refractivity contribution in [3.05, 3.63) is 32.6 Å². The molecule has 1 saturated heterocycles. The molecule has 2 rings (SSSR count). The van der Waals surface area contributed by atoms with Crippen LogP contribution in [0.25, 0.3) is 0 Å². The van der Waals surface area contributed by atoms with Crippen molar-refractivity contribution in [1.82, 2.24) is 9.55 Å². The molecule has 1 aromatic rings. The van der Waals surface area contributed by atoms with Gasteiger partial charge < -0.3 is 24.4 Å². The van der Waals surface area contributed by atoms with E-state index in [-0.39, 0.29) is 12.0 Å². The molecule has 2 heterocycles. The van der Waals surface area contributed by atoms with E-state index in [9.17, 15) is 19.3 Å². The highest BCUT2D eigenvalue weighted by Gasteiger charge is 2.47. The smallest absolute Gasteiger partial charge is 0.351 e. The number of aromatic nitrogens is 2. The predicted octanol–water partition coefficient (Wildman–Crippen LogP) is -1.01. The van der Waals surface area contributed by atoms with Gasteiger partial charge in [0.15, 0.2) is 12.1 Å². The van der Waals surface area contributed by atoms with Crippen molar-refractivity contribution in [2.75, 3.05) is 6.35 Å². The second kappa shape index (κ2) is 5.73. The zero-order valence-corrected chi connectivity index (χ0v) is 12.8. The molecule has 0 radical (unpaired) electrons. The molecule has 124 valence electrons. The maximum absolute atomic E-state index is 11.8. The molecule has 0 aliphatic carbocycles. The number of rotatable bonds is 4. The number of hydrogen-bond acceptors (Lipinski definition) is 6. The summed E-state index contributed by atoms with van der Waals surface area (Å²) in [6.07, 6.45) is -1.81. The number of hydrogen-bond donors (Lipinski definition) is 4. The number of aliphatic hydroxyl groups excluding tert-OH is 1. The average molecular weight is 336 g/mol. The lowest BCUT2D eigenvalue weighted by Gasteiger charge is -2.28. The van der Waals surface area contributed by atoms with E-state index in [2.05, 4.69) is 4.98 Å². The van der Waals surface area contributed by atoms with Gasteiger partial charge in [-0.3, -0.25) is 18.9 Å². The highest BCUT2D eigenvalue weighted by molar-refractivity contribution is 7.51. The van der Waals surface area contributed by atoms with Crippen LogP contribution in [0.15, 0.2) is 15.8 Å². The lowest BCUT2D eigenvalue weighted by atomic mass is 10.1. The van der Waals surface area contributed by atoms with Crippen molar-refractivity contribution in [1.29, 1.82) is 0 Å². The van der Waals surface area contributed by atoms with Crippen LogP contribution < -0.4 is 11.2 Å². The van der Waals surface area contributed by atoms with E-state index in [1.807, 2.05) is 0 Å². The summed E-state index contributed by atoms with van der Waals surface area (Å²) in [4.78, 5) is 42.9. The van der Waals surface area contributed by atoms with Crippen LogP contribution in [0, 0.1) is 6.92 Å². The summed E-state index contributed by atoms with van der Waals surface area (Å²) in [5, 5.41) is 10.0. The lowest BCUT2D eigenvalue weighted by molar-refractivity contribution is -0.248. The fourth-order valence-electron chi connectivity index (χ4n) is 2.11. The SMILES string of the molecule is Cc1cn([C@H]2C[C@H](O)[C@@](C)(OCP(=O)(O)O)O2)c(=O)[nH]c1=O. The monoisotopic (exact) mass is 336 g/mol. The normalized spacial score (nSPS) is 29.0. The van der Waals surface area contributed by atoms with Crippen LogP contribution in [0.4, 0.5) is 0 Å². The molecule has 0 spiro atoms. The Morgan fingerprint density at radius 3 is 2.77 bits per heavy atom. The quantitative estimate of drug-likeness (QED) is 0.511. The summed E-state index contributed by atoms with van der Waals surface area (Å²) in [5.41, 5.74) is -0.963. The van der Waals surface area contributed by atoms with Crippen LogP contribution in [0.2, 0.25) is 0 Å². The molecule has 0 bridgehead atoms. The summed E-state index contributed by atoms with van der Waals surface area (Å²) in [5.74, 6) is -1.67. The second-order valence-electron chi connectivity index (χ2n) is 5.26. The Morgan fingerprint density at radius 2 is 2.18 bits per heavy atom. The van der Waals surface area contributed by atoms with Crippen molar-refractivity contribution in [3.63, 3.8) is 0 Å². The van der Waals surface area contributed by atoms with Crippen molar-refractivity contribution in [2.24, 2.45) is 0 Å². The van der Waals surface area contributed by atoms with Crippen LogP contribution in [0.3, 0.4) is 0 Å². The number of nitrogens with one attached hydrogen (secondary N) is 1. The highest BCUT2D eigenvalue weighted by atomic mass is 31.2. The largest absolute Gasteiger partial charge is 0.387 e. The van der Waals surface area contributed by atoms with Crippen LogP contribution >= 0.6 is 7.60 Å². The number of aromatic amines is 1. The standard InChI is InChI=1S/C11H17N2O8P/c1-6-4-13(10(16)12-9(6)15)8-3-7(14)11(2,21-8)20-5-22(17,18)19/h4,7-8,14H,3,5H2,1-2H3,(H,12,15,16)(H2,17,18,19)/t7-,8+,11-/m0/s1. The van der Waals surface area contributed by atoms with Crippen molar-refractivity contribution in [2.45, 2.75) is 38.4 Å². The number of nitrogens with zero attached hydrogens (tertiary/aromatic N) is 1. The molecule has 4 N–H and O–H groups in total. The Hall–Kier alpha value is -1.29. The third-order valence-electron chi connectivity index (χ3n) is 3.38. The molecular weight excluding hydrogens is 319 g/mol. The maximum Gasteiger partial charge on any atom is 0.351 e. The van der Waals surface area contributed by atoms with Crippen LogP contribution in [0.5, 0.6) is 0 Å². The van der Waals surface area contributed by atoms with E-state index in [0.29, 0.717) is 0 Å². The molecule has 1 aromatic heterocycles. The maximum atomic E-state index is 11.8. The van der Waals surface area contributed by atoms with E-state index in [0.717, 1.165) is 4.57 Å². The first kappa shape index (κ1) is 17.1. The van der Waals surface area contributed by atoms with Crippen LogP contribution in [0.1, 0.15) is 25.1 Å². The Bertz CT molecular complexity index is 722. The van der Waals surface area contributed by atoms with Crippen LogP contribution in [-0.4, -0.2) is 42.7 Å². The highest BCUT2D eigenvalue weighted by Crippen LogP contribution is 2.41. The van der Waals surface area contributed by atoms with Crippen molar-refractivity contribution >= 4 is 7.60 Å². The first-order valence-corrected chi connectivity index (χ1v) is 8.18. The molecule has 3 atom stereocenters. The number of H-pyrrole nitrogens is 1. The van der Waals surface area contributed by atoms with Gasteiger partial charge in [0.2, 0.25) is 0 Å². The van der Waals surface area contributed by atoms with Gasteiger partial charge in [0.05, 0.1) is 0 Å². The van der Waals surface area contributed by atoms with Gasteiger partial charge in [0, 0.05) is 18.2 Å². The third kappa shape index (κ3) is 3.54. The van der Waals surface area contributed by atoms with Gasteiger partial charge in [-0.25, -0.2) is 4.79 Å². The summed E-state index contributed by atoms with van der Waals surface area (Å²) >= 11 is 0. The molecule has 1 fully saturated rings. The van der Waals surface area contributed by atoms with E-state index < -0.39 is 43.3 Å². The molecule has 22 heavy (non-hydrogen) atoms. The number of aryl methyl sites for hydroxylation is 1. The van der Waals surface area contributed by atoms with E-state index in [4.69, 9.17) is 19.3 Å². The fourth-order valence-corrected chi connectivity index (χ4v) is 2.54. The average Bonchev–Trinajstić information content (AvgIpc) is 2.68. The van der Waals surface area contributed by atoms with Crippen LogP contribution in [-0.2, 0) is 14.0 Å². The Kier molecular flexibility index (Phi) is 4.44. The second-order valence-corrected chi connectivity index (χ2v) is 6.84. The summed E-state index contributed by atoms with van der Waals surface area (Å²) in [6, 6.07) is 0. The number of ether oxygens (including phenoxy) is 2. The minimum atomic E-state index is -4.43. The first-order chi connectivity index (χ1) is 10.0. The van der Waals surface area contributed by atoms with Gasteiger partial charge in [-0.15, -0.1) is 0 Å². The molecule has 10 nitrogen and oxygen atoms in total. The van der Waals surface area contributed by atoms with Gasteiger partial charge in [0.1, 0.15) is 12.3 Å². The van der Waals surface area contributed by atoms with Gasteiger partial charge >= 0.3 is 13.3 Å². The van der Waals surface area contributed by atoms with E-state index >= 15 is 0 Å². The summed E-state index contributed by atoms with van der Waals surface area (Å²) in [7, 11) is -4.43. The third-order valence-corrected chi connectivity index (χ3v) is 3.84. The first-order valence-electron chi connectivity index (χ1n) is 6.38. The van der Waals surface area contributed by atoms with Gasteiger partial charge in [0.25, 0.3) is 5.56 Å². The minimum absolute atomic E-state index is 0.0386. The lowest BCUT2D eigenvalue weighted by Crippen LogP contribution is -2.39. The summed E-state index contributed by atoms with van der Waals surface area (Å²) in [6.45, 7) is 2.82. The van der Waals surface area contributed by atoms with Crippen molar-refractivity contribution < 1.29 is 28.9 Å². The molecule has 0 aromatic carbocycles. The molecule has 11 heteroatoms. The molecule has 0 amide bonds. The Balaban J connectivity index is 2.24.